The fourth-order valence-corrected chi connectivity index (χ4v) is 3.74. The summed E-state index contributed by atoms with van der Waals surface area (Å²) in [7, 11) is 0. The summed E-state index contributed by atoms with van der Waals surface area (Å²) in [6.07, 6.45) is 1.65. The first kappa shape index (κ1) is 18.6. The molecule has 0 saturated carbocycles. The van der Waals surface area contributed by atoms with Crippen LogP contribution in [-0.4, -0.2) is 29.9 Å². The van der Waals surface area contributed by atoms with Gasteiger partial charge in [0.25, 0.3) is 5.91 Å². The number of nitrogens with one attached hydrogen (secondary N) is 4. The van der Waals surface area contributed by atoms with Crippen molar-refractivity contribution in [2.45, 2.75) is 31.5 Å². The molecule has 2 amide bonds. The number of carbonyl (C=O) groups is 2. The van der Waals surface area contributed by atoms with Gasteiger partial charge in [0.1, 0.15) is 12.2 Å². The molecular formula is C20H20BrN5O2. The van der Waals surface area contributed by atoms with E-state index in [1.54, 1.807) is 0 Å². The second kappa shape index (κ2) is 8.12. The highest BCUT2D eigenvalue weighted by molar-refractivity contribution is 9.10. The molecule has 28 heavy (non-hydrogen) atoms. The predicted molar refractivity (Wildman–Crippen MR) is 111 cm³/mol. The smallest absolute Gasteiger partial charge is 0.288 e. The number of aliphatic imine (C=N–C) groups is 1. The molecule has 0 spiro atoms. The molecule has 0 saturated heterocycles. The lowest BCUT2D eigenvalue weighted by Gasteiger charge is -2.15. The Morgan fingerprint density at radius 3 is 2.86 bits per heavy atom. The van der Waals surface area contributed by atoms with Crippen LogP contribution in [0.1, 0.15) is 17.5 Å². The zero-order chi connectivity index (χ0) is 19.5. The molecule has 0 bridgehead atoms. The van der Waals surface area contributed by atoms with Crippen molar-refractivity contribution < 1.29 is 9.59 Å². The van der Waals surface area contributed by atoms with Crippen molar-refractivity contribution >= 4 is 39.3 Å². The molecule has 0 fully saturated rings. The van der Waals surface area contributed by atoms with Crippen molar-refractivity contribution in [2.75, 3.05) is 5.32 Å². The van der Waals surface area contributed by atoms with Crippen LogP contribution in [0, 0.1) is 0 Å². The van der Waals surface area contributed by atoms with Gasteiger partial charge in [0.15, 0.2) is 0 Å². The van der Waals surface area contributed by atoms with Gasteiger partial charge >= 0.3 is 0 Å². The lowest BCUT2D eigenvalue weighted by atomic mass is 10.1. The second-order valence-electron chi connectivity index (χ2n) is 6.81. The summed E-state index contributed by atoms with van der Waals surface area (Å²) in [5.41, 5.74) is 8.77. The third kappa shape index (κ3) is 4.23. The molecule has 144 valence electrons. The molecule has 2 aromatic carbocycles. The number of halogens is 1. The van der Waals surface area contributed by atoms with Gasteiger partial charge in [0.2, 0.25) is 11.7 Å². The molecule has 2 aromatic rings. The van der Waals surface area contributed by atoms with Gasteiger partial charge in [-0.15, -0.1) is 0 Å². The first-order valence-corrected chi connectivity index (χ1v) is 9.91. The number of nitrogens with zero attached hydrogens (tertiary/aromatic N) is 1. The highest BCUT2D eigenvalue weighted by Gasteiger charge is 2.28. The van der Waals surface area contributed by atoms with Crippen LogP contribution in [0.3, 0.4) is 0 Å². The molecule has 0 aromatic heterocycles. The highest BCUT2D eigenvalue weighted by atomic mass is 79.9. The number of amidine groups is 1. The van der Waals surface area contributed by atoms with Crippen molar-refractivity contribution in [1.82, 2.24) is 16.2 Å². The summed E-state index contributed by atoms with van der Waals surface area (Å²) in [4.78, 5) is 29.5. The van der Waals surface area contributed by atoms with E-state index in [-0.39, 0.29) is 17.9 Å². The summed E-state index contributed by atoms with van der Waals surface area (Å²) < 4.78 is 0.961. The molecule has 2 aliphatic rings. The van der Waals surface area contributed by atoms with Crippen LogP contribution < -0.4 is 21.5 Å². The fraction of sp³-hybridized carbons (Fsp3) is 0.250. The van der Waals surface area contributed by atoms with Crippen LogP contribution in [0.4, 0.5) is 5.69 Å². The lowest BCUT2D eigenvalue weighted by molar-refractivity contribution is -0.123. The maximum atomic E-state index is 12.6. The number of fused-ring (bicyclic) bond motifs is 1. The van der Waals surface area contributed by atoms with Gasteiger partial charge in [-0.2, -0.15) is 0 Å². The Hall–Kier alpha value is -2.71. The molecule has 2 heterocycles. The lowest BCUT2D eigenvalue weighted by Crippen LogP contribution is -2.49. The molecule has 8 heteroatoms. The van der Waals surface area contributed by atoms with E-state index in [1.165, 1.54) is 0 Å². The average molecular weight is 442 g/mol. The number of amides is 2. The van der Waals surface area contributed by atoms with Crippen LogP contribution in [-0.2, 0) is 22.4 Å². The minimum Gasteiger partial charge on any atom is -0.338 e. The standard InChI is InChI=1S/C20H20BrN5O2/c21-14-7-9-15-13(11-14)6-8-16(19(27)22-15)23-20(28)18-24-17(25-26-18)10-12-4-2-1-3-5-12/h1-5,7,9,11,16-17,25H,6,8,10H2,(H,22,27)(H,23,28)(H,24,26)/t16-,17?/m0/s1. The number of rotatable bonds is 4. The van der Waals surface area contributed by atoms with Crippen molar-refractivity contribution in [3.05, 3.63) is 64.1 Å². The third-order valence-electron chi connectivity index (χ3n) is 4.78. The molecule has 0 radical (unpaired) electrons. The Morgan fingerprint density at radius 2 is 2.04 bits per heavy atom. The van der Waals surface area contributed by atoms with E-state index in [4.69, 9.17) is 0 Å². The monoisotopic (exact) mass is 441 g/mol. The first-order valence-electron chi connectivity index (χ1n) is 9.12. The van der Waals surface area contributed by atoms with Crippen molar-refractivity contribution in [3.63, 3.8) is 0 Å². The molecule has 2 aliphatic heterocycles. The van der Waals surface area contributed by atoms with E-state index in [0.29, 0.717) is 19.3 Å². The SMILES string of the molecule is O=C(N[C@H]1CCc2cc(Br)ccc2NC1=O)C1=NC(Cc2ccccc2)NN1. The Bertz CT molecular complexity index is 931. The van der Waals surface area contributed by atoms with Gasteiger partial charge in [0.05, 0.1) is 0 Å². The van der Waals surface area contributed by atoms with Gasteiger partial charge in [0, 0.05) is 16.6 Å². The van der Waals surface area contributed by atoms with Crippen LogP contribution in [0.15, 0.2) is 58.0 Å². The summed E-state index contributed by atoms with van der Waals surface area (Å²) in [6.45, 7) is 0. The third-order valence-corrected chi connectivity index (χ3v) is 5.27. The van der Waals surface area contributed by atoms with Gasteiger partial charge < -0.3 is 10.6 Å². The van der Waals surface area contributed by atoms with Crippen LogP contribution in [0.5, 0.6) is 0 Å². The van der Waals surface area contributed by atoms with E-state index < -0.39 is 11.9 Å². The highest BCUT2D eigenvalue weighted by Crippen LogP contribution is 2.25. The Morgan fingerprint density at radius 1 is 1.21 bits per heavy atom. The largest absolute Gasteiger partial charge is 0.338 e. The molecule has 4 rings (SSSR count). The first-order chi connectivity index (χ1) is 13.6. The number of hydrogen-bond donors (Lipinski definition) is 4. The number of aryl methyl sites for hydroxylation is 1. The normalized spacial score (nSPS) is 21.0. The van der Waals surface area contributed by atoms with Crippen LogP contribution in [0.25, 0.3) is 0 Å². The second-order valence-corrected chi connectivity index (χ2v) is 7.72. The Balaban J connectivity index is 1.38. The van der Waals surface area contributed by atoms with Crippen LogP contribution >= 0.6 is 15.9 Å². The number of carbonyl (C=O) groups excluding carboxylic acids is 2. The molecule has 4 N–H and O–H groups in total. The van der Waals surface area contributed by atoms with Crippen molar-refractivity contribution in [1.29, 1.82) is 0 Å². The number of anilines is 1. The number of hydrogen-bond acceptors (Lipinski definition) is 5. The van der Waals surface area contributed by atoms with E-state index in [1.807, 2.05) is 48.5 Å². The molecule has 0 aliphatic carbocycles. The van der Waals surface area contributed by atoms with E-state index in [0.717, 1.165) is 21.3 Å². The van der Waals surface area contributed by atoms with Gasteiger partial charge in [-0.05, 0) is 42.2 Å². The van der Waals surface area contributed by atoms with Gasteiger partial charge in [-0.1, -0.05) is 46.3 Å². The fourth-order valence-electron chi connectivity index (χ4n) is 3.33. The topological polar surface area (TPSA) is 94.6 Å². The molecular weight excluding hydrogens is 422 g/mol. The molecule has 1 unspecified atom stereocenters. The predicted octanol–water partition coefficient (Wildman–Crippen LogP) is 1.89. The minimum absolute atomic E-state index is 0.193. The summed E-state index contributed by atoms with van der Waals surface area (Å²) in [6, 6.07) is 15.0. The van der Waals surface area contributed by atoms with Gasteiger partial charge in [-0.3, -0.25) is 15.0 Å². The maximum Gasteiger partial charge on any atom is 0.288 e. The zero-order valence-electron chi connectivity index (χ0n) is 15.0. The van der Waals surface area contributed by atoms with Crippen molar-refractivity contribution in [3.8, 4) is 0 Å². The van der Waals surface area contributed by atoms with Crippen LogP contribution in [0.2, 0.25) is 0 Å². The maximum absolute atomic E-state index is 12.6. The van der Waals surface area contributed by atoms with E-state index in [9.17, 15) is 9.59 Å². The van der Waals surface area contributed by atoms with Gasteiger partial charge in [-0.25, -0.2) is 10.4 Å². The summed E-state index contributed by atoms with van der Waals surface area (Å²) in [5.74, 6) is -0.421. The number of benzene rings is 2. The molecule has 7 nitrogen and oxygen atoms in total. The summed E-state index contributed by atoms with van der Waals surface area (Å²) in [5, 5.41) is 5.68. The quantitative estimate of drug-likeness (QED) is 0.582. The number of hydrazine groups is 1. The average Bonchev–Trinajstić information content (AvgIpc) is 3.10. The molecule has 2 atom stereocenters. The van der Waals surface area contributed by atoms with Crippen molar-refractivity contribution in [2.24, 2.45) is 4.99 Å². The van der Waals surface area contributed by atoms with E-state index >= 15 is 0 Å². The zero-order valence-corrected chi connectivity index (χ0v) is 16.6. The van der Waals surface area contributed by atoms with E-state index in [2.05, 4.69) is 42.4 Å². The minimum atomic E-state index is -0.614. The Labute approximate surface area is 171 Å². The Kier molecular flexibility index (Phi) is 5.40. The summed E-state index contributed by atoms with van der Waals surface area (Å²) >= 11 is 3.45.